The van der Waals surface area contributed by atoms with Crippen LogP contribution in [-0.2, 0) is 5.41 Å². The molecule has 0 saturated carbocycles. The van der Waals surface area contributed by atoms with Crippen molar-refractivity contribution in [1.82, 2.24) is 0 Å². The van der Waals surface area contributed by atoms with Crippen LogP contribution >= 0.6 is 0 Å². The van der Waals surface area contributed by atoms with E-state index in [0.717, 1.165) is 23.1 Å². The molecule has 1 aliphatic carbocycles. The Hall–Kier alpha value is -4.34. The van der Waals surface area contributed by atoms with Crippen molar-refractivity contribution >= 4 is 11.1 Å². The van der Waals surface area contributed by atoms with Crippen LogP contribution < -0.4 is 0 Å². The van der Waals surface area contributed by atoms with E-state index in [1.807, 2.05) is 12.1 Å². The average molecular weight is 435 g/mol. The van der Waals surface area contributed by atoms with Crippen molar-refractivity contribution in [2.75, 3.05) is 0 Å². The molecule has 0 N–H and O–H groups in total. The van der Waals surface area contributed by atoms with Crippen molar-refractivity contribution in [3.63, 3.8) is 0 Å². The fraction of sp³-hybridized carbons (Fsp3) is 0.0588. The van der Waals surface area contributed by atoms with Crippen molar-refractivity contribution in [2.24, 2.45) is 0 Å². The third kappa shape index (κ3) is 4.70. The Balaban J connectivity index is 1.61. The molecule has 0 nitrogen and oxygen atoms in total. The zero-order valence-corrected chi connectivity index (χ0v) is 19.1. The van der Waals surface area contributed by atoms with Crippen LogP contribution in [0.1, 0.15) is 28.7 Å². The molecule has 0 fully saturated rings. The summed E-state index contributed by atoms with van der Waals surface area (Å²) in [6.07, 6.45) is 9.92. The van der Waals surface area contributed by atoms with Crippen LogP contribution in [0.25, 0.3) is 11.1 Å². The summed E-state index contributed by atoms with van der Waals surface area (Å²) in [4.78, 5) is 0. The summed E-state index contributed by atoms with van der Waals surface area (Å²) in [6, 6.07) is 42.1. The summed E-state index contributed by atoms with van der Waals surface area (Å²) in [7, 11) is 0. The van der Waals surface area contributed by atoms with Gasteiger partial charge < -0.3 is 0 Å². The van der Waals surface area contributed by atoms with E-state index < -0.39 is 0 Å². The second-order valence-corrected chi connectivity index (χ2v) is 8.49. The van der Waals surface area contributed by atoms with E-state index in [4.69, 9.17) is 0 Å². The lowest BCUT2D eigenvalue weighted by Crippen LogP contribution is -2.21. The van der Waals surface area contributed by atoms with Gasteiger partial charge in [-0.1, -0.05) is 151 Å². The Morgan fingerprint density at radius 1 is 0.647 bits per heavy atom. The predicted octanol–water partition coefficient (Wildman–Crippen LogP) is 8.41. The summed E-state index contributed by atoms with van der Waals surface area (Å²) >= 11 is 0. The smallest absolute Gasteiger partial charge is 0.0430 e. The Bertz CT molecular complexity index is 1350. The highest BCUT2D eigenvalue weighted by Crippen LogP contribution is 2.37. The molecule has 0 radical (unpaired) electrons. The third-order valence-electron chi connectivity index (χ3n) is 6.29. The highest BCUT2D eigenvalue weighted by atomic mass is 14.3. The summed E-state index contributed by atoms with van der Waals surface area (Å²) in [6.45, 7) is 0. The van der Waals surface area contributed by atoms with Gasteiger partial charge in [0.1, 0.15) is 0 Å². The fourth-order valence-electron chi connectivity index (χ4n) is 4.41. The van der Waals surface area contributed by atoms with Crippen LogP contribution in [0.5, 0.6) is 0 Å². The molecule has 0 heterocycles. The van der Waals surface area contributed by atoms with Crippen LogP contribution in [0.3, 0.4) is 0 Å². The zero-order chi connectivity index (χ0) is 23.1. The molecule has 0 saturated heterocycles. The monoisotopic (exact) mass is 434 g/mol. The van der Waals surface area contributed by atoms with Gasteiger partial charge in [-0.15, -0.1) is 0 Å². The van der Waals surface area contributed by atoms with Gasteiger partial charge in [0.2, 0.25) is 0 Å². The molecule has 1 unspecified atom stereocenters. The molecule has 1 atom stereocenters. The van der Waals surface area contributed by atoms with Gasteiger partial charge in [-0.25, -0.2) is 0 Å². The van der Waals surface area contributed by atoms with Gasteiger partial charge >= 0.3 is 0 Å². The van der Waals surface area contributed by atoms with Gasteiger partial charge in [0.05, 0.1) is 0 Å². The molecular weight excluding hydrogens is 408 g/mol. The first-order valence-electron chi connectivity index (χ1n) is 11.7. The van der Waals surface area contributed by atoms with E-state index >= 15 is 0 Å². The van der Waals surface area contributed by atoms with Crippen LogP contribution in [0.4, 0.5) is 0 Å². The van der Waals surface area contributed by atoms with Crippen molar-refractivity contribution in [2.45, 2.75) is 11.8 Å². The molecule has 0 aromatic heterocycles. The van der Waals surface area contributed by atoms with Crippen molar-refractivity contribution in [3.05, 3.63) is 179 Å². The number of rotatable bonds is 5. The summed E-state index contributed by atoms with van der Waals surface area (Å²) < 4.78 is 0. The lowest BCUT2D eigenvalue weighted by Gasteiger charge is -2.29. The largest absolute Gasteiger partial charge is 0.0751 e. The molecule has 4 aromatic carbocycles. The number of hydrogen-bond donors (Lipinski definition) is 0. The minimum atomic E-state index is -0.259. The second kappa shape index (κ2) is 10.1. The molecule has 162 valence electrons. The normalized spacial score (nSPS) is 16.6. The molecular formula is C34H26. The maximum Gasteiger partial charge on any atom is 0.0430 e. The Morgan fingerprint density at radius 3 is 1.71 bits per heavy atom. The Labute approximate surface area is 202 Å². The zero-order valence-electron chi connectivity index (χ0n) is 19.1. The van der Waals surface area contributed by atoms with Crippen molar-refractivity contribution in [1.29, 1.82) is 0 Å². The standard InChI is InChI=1S/C34H26/c1-5-14-28(15-6-1)29-23-26-34(27-24-29,32-20-11-4-12-21-32)25-13-22-33(30-16-7-2-8-17-30)31-18-9-3-10-19-31/h1-12,14-21,23-26H,27H2. The number of benzene rings is 4. The van der Waals surface area contributed by atoms with Crippen LogP contribution in [0, 0.1) is 0 Å². The SMILES string of the molecule is C(=C=C(c1ccccc1)c1ccccc1)=CC1(c2ccccc2)C=CC(c2ccccc2)=CC1. The van der Waals surface area contributed by atoms with E-state index in [1.54, 1.807) is 0 Å². The highest BCUT2D eigenvalue weighted by molar-refractivity contribution is 5.79. The topological polar surface area (TPSA) is 0 Å². The second-order valence-electron chi connectivity index (χ2n) is 8.49. The van der Waals surface area contributed by atoms with E-state index in [1.165, 1.54) is 16.7 Å². The summed E-state index contributed by atoms with van der Waals surface area (Å²) in [5, 5.41) is 0. The van der Waals surface area contributed by atoms with Gasteiger partial charge in [-0.2, -0.15) is 0 Å². The molecule has 0 aliphatic heterocycles. The van der Waals surface area contributed by atoms with Crippen LogP contribution in [-0.4, -0.2) is 0 Å². The van der Waals surface area contributed by atoms with Gasteiger partial charge in [0.15, 0.2) is 0 Å². The minimum absolute atomic E-state index is 0.259. The maximum absolute atomic E-state index is 3.49. The van der Waals surface area contributed by atoms with Crippen LogP contribution in [0.15, 0.2) is 157 Å². The molecule has 0 amide bonds. The van der Waals surface area contributed by atoms with Gasteiger partial charge in [-0.3, -0.25) is 0 Å². The van der Waals surface area contributed by atoms with E-state index in [-0.39, 0.29) is 5.41 Å². The highest BCUT2D eigenvalue weighted by Gasteiger charge is 2.28. The van der Waals surface area contributed by atoms with Crippen LogP contribution in [0.2, 0.25) is 0 Å². The maximum atomic E-state index is 3.49. The molecule has 0 bridgehead atoms. The summed E-state index contributed by atoms with van der Waals surface area (Å²) in [5.41, 5.74) is 13.8. The lowest BCUT2D eigenvalue weighted by atomic mass is 9.74. The van der Waals surface area contributed by atoms with Gasteiger partial charge in [-0.05, 0) is 40.3 Å². The first kappa shape index (κ1) is 21.5. The van der Waals surface area contributed by atoms with Gasteiger partial charge in [0, 0.05) is 11.0 Å². The summed E-state index contributed by atoms with van der Waals surface area (Å²) in [5.74, 6) is 0. The Morgan fingerprint density at radius 2 is 1.18 bits per heavy atom. The first-order valence-corrected chi connectivity index (χ1v) is 11.7. The molecule has 5 rings (SSSR count). The molecule has 1 aliphatic rings. The molecule has 0 spiro atoms. The van der Waals surface area contributed by atoms with E-state index in [2.05, 4.69) is 145 Å². The number of hydrogen-bond acceptors (Lipinski definition) is 0. The number of allylic oxidation sites excluding steroid dienone is 5. The van der Waals surface area contributed by atoms with E-state index in [0.29, 0.717) is 0 Å². The lowest BCUT2D eigenvalue weighted by molar-refractivity contribution is 0.678. The van der Waals surface area contributed by atoms with Gasteiger partial charge in [0.25, 0.3) is 0 Å². The van der Waals surface area contributed by atoms with E-state index in [9.17, 15) is 0 Å². The Kier molecular flexibility index (Phi) is 6.37. The first-order chi connectivity index (χ1) is 16.8. The van der Waals surface area contributed by atoms with Crippen molar-refractivity contribution in [3.8, 4) is 0 Å². The fourth-order valence-corrected chi connectivity index (χ4v) is 4.41. The quantitative estimate of drug-likeness (QED) is 0.277. The third-order valence-corrected chi connectivity index (χ3v) is 6.29. The van der Waals surface area contributed by atoms with Crippen molar-refractivity contribution < 1.29 is 0 Å². The molecule has 0 heteroatoms. The molecule has 4 aromatic rings. The predicted molar refractivity (Wildman–Crippen MR) is 143 cm³/mol. The average Bonchev–Trinajstić information content (AvgIpc) is 2.93. The minimum Gasteiger partial charge on any atom is -0.0751 e. The molecule has 34 heavy (non-hydrogen) atoms.